The number of halogens is 4. The molecule has 0 aliphatic carbocycles. The van der Waals surface area contributed by atoms with Gasteiger partial charge in [-0.05, 0) is 6.92 Å². The second-order valence-electron chi connectivity index (χ2n) is 2.24. The standard InChI is InChI=1S/C8H11Cl4O3P/c1-2-13-16(14-7(3-9)4-10)15-8(5-11)6-12/h3,5H,2,4,6H2,1H3. The topological polar surface area (TPSA) is 27.7 Å². The Balaban J connectivity index is 4.37. The molecule has 0 aromatic carbocycles. The third-order valence-electron chi connectivity index (χ3n) is 1.12. The van der Waals surface area contributed by atoms with Crippen LogP contribution in [0.25, 0.3) is 0 Å². The highest BCUT2D eigenvalue weighted by Gasteiger charge is 2.18. The van der Waals surface area contributed by atoms with E-state index in [9.17, 15) is 0 Å². The normalized spacial score (nSPS) is 14.8. The summed E-state index contributed by atoms with van der Waals surface area (Å²) in [4.78, 5) is 0. The minimum atomic E-state index is -1.64. The fourth-order valence-corrected chi connectivity index (χ4v) is 2.43. The van der Waals surface area contributed by atoms with Crippen LogP contribution in [0.5, 0.6) is 0 Å². The van der Waals surface area contributed by atoms with E-state index in [2.05, 4.69) is 0 Å². The molecular formula is C8H11Cl4O3P. The zero-order chi connectivity index (χ0) is 12.4. The molecule has 8 heteroatoms. The van der Waals surface area contributed by atoms with Gasteiger partial charge in [-0.15, -0.1) is 23.2 Å². The first kappa shape index (κ1) is 16.6. The predicted octanol–water partition coefficient (Wildman–Crippen LogP) is 4.92. The SMILES string of the molecule is CCOP(OC(=CCl)CCl)OC(=CCl)CCl. The summed E-state index contributed by atoms with van der Waals surface area (Å²) in [5, 5.41) is 0. The molecule has 0 fully saturated rings. The van der Waals surface area contributed by atoms with Gasteiger partial charge in [0.25, 0.3) is 0 Å². The van der Waals surface area contributed by atoms with Crippen LogP contribution in [-0.2, 0) is 13.6 Å². The Morgan fingerprint density at radius 3 is 1.75 bits per heavy atom. The molecule has 0 N–H and O–H groups in total. The smallest absolute Gasteiger partial charge is 0.420 e. The Kier molecular flexibility index (Phi) is 11.2. The molecule has 16 heavy (non-hydrogen) atoms. The summed E-state index contributed by atoms with van der Waals surface area (Å²) in [6.45, 7) is 2.22. The molecule has 0 aromatic heterocycles. The van der Waals surface area contributed by atoms with E-state index in [-0.39, 0.29) is 11.8 Å². The Labute approximate surface area is 116 Å². The van der Waals surface area contributed by atoms with Crippen LogP contribution in [0.3, 0.4) is 0 Å². The molecule has 0 aromatic rings. The minimum absolute atomic E-state index is 0.125. The zero-order valence-electron chi connectivity index (χ0n) is 8.46. The highest BCUT2D eigenvalue weighted by atomic mass is 35.5. The molecule has 0 rings (SSSR count). The second kappa shape index (κ2) is 10.8. The molecule has 3 nitrogen and oxygen atoms in total. The number of allylic oxidation sites excluding steroid dienone is 2. The van der Waals surface area contributed by atoms with Gasteiger partial charge in [-0.2, -0.15) is 0 Å². The van der Waals surface area contributed by atoms with Crippen molar-refractivity contribution in [2.45, 2.75) is 6.92 Å². The Morgan fingerprint density at radius 2 is 1.50 bits per heavy atom. The average Bonchev–Trinajstić information content (AvgIpc) is 2.32. The quantitative estimate of drug-likeness (QED) is 0.360. The molecule has 0 saturated heterocycles. The van der Waals surface area contributed by atoms with Crippen molar-refractivity contribution in [3.63, 3.8) is 0 Å². The fraction of sp³-hybridized carbons (Fsp3) is 0.500. The summed E-state index contributed by atoms with van der Waals surface area (Å²) in [7, 11) is -1.64. The van der Waals surface area contributed by atoms with Crippen LogP contribution in [0.4, 0.5) is 0 Å². The van der Waals surface area contributed by atoms with Gasteiger partial charge < -0.3 is 9.05 Å². The molecule has 0 amide bonds. The summed E-state index contributed by atoms with van der Waals surface area (Å²) in [5.74, 6) is 0.955. The third-order valence-corrected chi connectivity index (χ3v) is 3.37. The van der Waals surface area contributed by atoms with Crippen molar-refractivity contribution >= 4 is 55.0 Å². The molecule has 94 valence electrons. The van der Waals surface area contributed by atoms with Gasteiger partial charge in [0.2, 0.25) is 0 Å². The van der Waals surface area contributed by atoms with Crippen LogP contribution in [0.15, 0.2) is 22.6 Å². The highest BCUT2D eigenvalue weighted by molar-refractivity contribution is 7.42. The molecule has 0 aliphatic rings. The monoisotopic (exact) mass is 326 g/mol. The van der Waals surface area contributed by atoms with E-state index in [1.165, 1.54) is 11.1 Å². The molecule has 0 spiro atoms. The van der Waals surface area contributed by atoms with E-state index < -0.39 is 8.60 Å². The summed E-state index contributed by atoms with van der Waals surface area (Å²) in [5.41, 5.74) is 2.44. The van der Waals surface area contributed by atoms with Crippen LogP contribution >= 0.6 is 55.0 Å². The van der Waals surface area contributed by atoms with Crippen LogP contribution in [0.1, 0.15) is 6.92 Å². The van der Waals surface area contributed by atoms with Gasteiger partial charge in [0.05, 0.1) is 18.4 Å². The maximum atomic E-state index is 5.57. The van der Waals surface area contributed by atoms with Gasteiger partial charge in [0, 0.05) is 11.1 Å². The van der Waals surface area contributed by atoms with Crippen LogP contribution in [0, 0.1) is 0 Å². The van der Waals surface area contributed by atoms with Crippen molar-refractivity contribution in [3.05, 3.63) is 22.6 Å². The summed E-state index contributed by atoms with van der Waals surface area (Å²) >= 11 is 22.1. The Morgan fingerprint density at radius 1 is 1.06 bits per heavy atom. The average molecular weight is 328 g/mol. The molecule has 0 heterocycles. The van der Waals surface area contributed by atoms with E-state index in [1.807, 2.05) is 0 Å². The Hall–Kier alpha value is 0.630. The lowest BCUT2D eigenvalue weighted by atomic mass is 10.7. The van der Waals surface area contributed by atoms with Gasteiger partial charge in [-0.3, -0.25) is 4.52 Å². The summed E-state index contributed by atoms with van der Waals surface area (Å²) < 4.78 is 15.8. The third kappa shape index (κ3) is 7.05. The van der Waals surface area contributed by atoms with Crippen LogP contribution in [-0.4, -0.2) is 18.4 Å². The molecule has 0 radical (unpaired) electrons. The van der Waals surface area contributed by atoms with E-state index in [4.69, 9.17) is 60.0 Å². The molecule has 0 unspecified atom stereocenters. The zero-order valence-corrected chi connectivity index (χ0v) is 12.4. The van der Waals surface area contributed by atoms with E-state index in [1.54, 1.807) is 6.92 Å². The van der Waals surface area contributed by atoms with Gasteiger partial charge >= 0.3 is 8.60 Å². The van der Waals surface area contributed by atoms with E-state index in [0.717, 1.165) is 0 Å². The lowest BCUT2D eigenvalue weighted by Gasteiger charge is -2.17. The molecule has 0 atom stereocenters. The minimum Gasteiger partial charge on any atom is -0.420 e. The van der Waals surface area contributed by atoms with E-state index >= 15 is 0 Å². The maximum Gasteiger partial charge on any atom is 0.462 e. The van der Waals surface area contributed by atoms with Crippen molar-refractivity contribution in [1.29, 1.82) is 0 Å². The number of hydrogen-bond acceptors (Lipinski definition) is 3. The Bertz CT molecular complexity index is 225. The van der Waals surface area contributed by atoms with Crippen molar-refractivity contribution in [2.75, 3.05) is 18.4 Å². The number of alkyl halides is 2. The first-order chi connectivity index (χ1) is 7.71. The van der Waals surface area contributed by atoms with Gasteiger partial charge in [0.1, 0.15) is 11.5 Å². The molecule has 0 saturated carbocycles. The lowest BCUT2D eigenvalue weighted by molar-refractivity contribution is 0.226. The number of hydrogen-bond donors (Lipinski definition) is 0. The summed E-state index contributed by atoms with van der Waals surface area (Å²) in [6, 6.07) is 0. The van der Waals surface area contributed by atoms with Crippen LogP contribution in [0.2, 0.25) is 0 Å². The first-order valence-electron chi connectivity index (χ1n) is 4.21. The van der Waals surface area contributed by atoms with E-state index in [0.29, 0.717) is 18.1 Å². The second-order valence-corrected chi connectivity index (χ2v) is 4.28. The van der Waals surface area contributed by atoms with Crippen molar-refractivity contribution < 1.29 is 13.6 Å². The van der Waals surface area contributed by atoms with Crippen LogP contribution < -0.4 is 0 Å². The molecule has 0 bridgehead atoms. The fourth-order valence-electron chi connectivity index (χ4n) is 0.515. The van der Waals surface area contributed by atoms with Gasteiger partial charge in [-0.25, -0.2) is 0 Å². The predicted molar refractivity (Wildman–Crippen MR) is 70.0 cm³/mol. The maximum absolute atomic E-state index is 5.57. The van der Waals surface area contributed by atoms with Gasteiger partial charge in [0.15, 0.2) is 0 Å². The first-order valence-corrected chi connectivity index (χ1v) is 7.24. The summed E-state index contributed by atoms with van der Waals surface area (Å²) in [6.07, 6.45) is 0. The molecular weight excluding hydrogens is 317 g/mol. The van der Waals surface area contributed by atoms with Gasteiger partial charge in [-0.1, -0.05) is 23.2 Å². The van der Waals surface area contributed by atoms with Crippen molar-refractivity contribution in [3.8, 4) is 0 Å². The van der Waals surface area contributed by atoms with Crippen molar-refractivity contribution in [1.82, 2.24) is 0 Å². The largest absolute Gasteiger partial charge is 0.462 e. The highest BCUT2D eigenvalue weighted by Crippen LogP contribution is 2.44. The lowest BCUT2D eigenvalue weighted by Crippen LogP contribution is -1.97. The molecule has 0 aliphatic heterocycles. The van der Waals surface area contributed by atoms with Crippen molar-refractivity contribution in [2.24, 2.45) is 0 Å². The number of rotatable bonds is 8.